The normalized spacial score (nSPS) is 11.1. The van der Waals surface area contributed by atoms with Crippen molar-refractivity contribution in [2.75, 3.05) is 10.6 Å². The standard InChI is InChI=1S/C20H19N3O5S/c1-14(24)22-17-5-2-4-15(12-17)20(25)23-16-7-9-19(10-8-16)29(26,27)21-13-18-6-3-11-28-18/h2-12,21H,13H2,1H3,(H,22,24)(H,23,25). The minimum atomic E-state index is -3.71. The largest absolute Gasteiger partial charge is 0.468 e. The number of furan rings is 1. The molecule has 3 aromatic rings. The number of rotatable bonds is 7. The number of hydrogen-bond donors (Lipinski definition) is 3. The average molecular weight is 413 g/mol. The molecule has 0 bridgehead atoms. The van der Waals surface area contributed by atoms with E-state index in [0.717, 1.165) is 0 Å². The zero-order valence-corrected chi connectivity index (χ0v) is 16.3. The van der Waals surface area contributed by atoms with E-state index in [2.05, 4.69) is 15.4 Å². The summed E-state index contributed by atoms with van der Waals surface area (Å²) in [6.07, 6.45) is 1.47. The first-order valence-corrected chi connectivity index (χ1v) is 10.1. The second kappa shape index (κ2) is 8.72. The summed E-state index contributed by atoms with van der Waals surface area (Å²) in [5, 5.41) is 5.30. The molecule has 0 saturated heterocycles. The molecule has 8 nitrogen and oxygen atoms in total. The van der Waals surface area contributed by atoms with E-state index in [1.807, 2.05) is 0 Å². The first-order valence-electron chi connectivity index (χ1n) is 8.64. The SMILES string of the molecule is CC(=O)Nc1cccc(C(=O)Nc2ccc(S(=O)(=O)NCc3ccco3)cc2)c1. The lowest BCUT2D eigenvalue weighted by atomic mass is 10.2. The van der Waals surface area contributed by atoms with E-state index in [4.69, 9.17) is 4.42 Å². The molecule has 0 saturated carbocycles. The number of anilines is 2. The van der Waals surface area contributed by atoms with Crippen LogP contribution in [0.1, 0.15) is 23.0 Å². The predicted octanol–water partition coefficient (Wildman–Crippen LogP) is 2.97. The first kappa shape index (κ1) is 20.3. The lowest BCUT2D eigenvalue weighted by molar-refractivity contribution is -0.114. The van der Waals surface area contributed by atoms with Crippen molar-refractivity contribution in [2.24, 2.45) is 0 Å². The molecule has 3 N–H and O–H groups in total. The highest BCUT2D eigenvalue weighted by Crippen LogP contribution is 2.17. The highest BCUT2D eigenvalue weighted by atomic mass is 32.2. The number of benzene rings is 2. The number of carbonyl (C=O) groups excluding carboxylic acids is 2. The van der Waals surface area contributed by atoms with Crippen molar-refractivity contribution in [3.8, 4) is 0 Å². The van der Waals surface area contributed by atoms with Crippen LogP contribution in [-0.4, -0.2) is 20.2 Å². The summed E-state index contributed by atoms with van der Waals surface area (Å²) >= 11 is 0. The van der Waals surface area contributed by atoms with E-state index in [-0.39, 0.29) is 23.3 Å². The lowest BCUT2D eigenvalue weighted by Crippen LogP contribution is -2.23. The van der Waals surface area contributed by atoms with Crippen LogP contribution in [0.2, 0.25) is 0 Å². The van der Waals surface area contributed by atoms with E-state index in [9.17, 15) is 18.0 Å². The van der Waals surface area contributed by atoms with E-state index in [1.165, 1.54) is 37.5 Å². The molecule has 0 atom stereocenters. The number of hydrogen-bond acceptors (Lipinski definition) is 5. The fourth-order valence-corrected chi connectivity index (χ4v) is 3.52. The van der Waals surface area contributed by atoms with Crippen molar-refractivity contribution in [2.45, 2.75) is 18.4 Å². The van der Waals surface area contributed by atoms with E-state index in [0.29, 0.717) is 22.7 Å². The quantitative estimate of drug-likeness (QED) is 0.550. The van der Waals surface area contributed by atoms with Gasteiger partial charge in [-0.2, -0.15) is 0 Å². The maximum atomic E-state index is 12.4. The smallest absolute Gasteiger partial charge is 0.255 e. The van der Waals surface area contributed by atoms with Crippen molar-refractivity contribution in [3.63, 3.8) is 0 Å². The van der Waals surface area contributed by atoms with Gasteiger partial charge >= 0.3 is 0 Å². The summed E-state index contributed by atoms with van der Waals surface area (Å²) < 4.78 is 32.2. The number of carbonyl (C=O) groups is 2. The van der Waals surface area contributed by atoms with Crippen LogP contribution in [0.5, 0.6) is 0 Å². The van der Waals surface area contributed by atoms with Crippen LogP contribution in [-0.2, 0) is 21.4 Å². The molecule has 1 heterocycles. The lowest BCUT2D eigenvalue weighted by Gasteiger charge is -2.09. The molecule has 0 unspecified atom stereocenters. The molecule has 0 radical (unpaired) electrons. The third-order valence-corrected chi connectivity index (χ3v) is 5.30. The van der Waals surface area contributed by atoms with Crippen LogP contribution in [0.25, 0.3) is 0 Å². The van der Waals surface area contributed by atoms with Gasteiger partial charge in [0.1, 0.15) is 5.76 Å². The third kappa shape index (κ3) is 5.53. The van der Waals surface area contributed by atoms with E-state index >= 15 is 0 Å². The zero-order chi connectivity index (χ0) is 20.9. The monoisotopic (exact) mass is 413 g/mol. The molecule has 0 aliphatic rings. The highest BCUT2D eigenvalue weighted by Gasteiger charge is 2.15. The Balaban J connectivity index is 1.65. The molecule has 0 spiro atoms. The van der Waals surface area contributed by atoms with Gasteiger partial charge in [-0.05, 0) is 54.6 Å². The third-order valence-electron chi connectivity index (χ3n) is 3.88. The van der Waals surface area contributed by atoms with Crippen molar-refractivity contribution < 1.29 is 22.4 Å². The molecule has 0 aliphatic heterocycles. The van der Waals surface area contributed by atoms with Crippen LogP contribution < -0.4 is 15.4 Å². The summed E-state index contributed by atoms with van der Waals surface area (Å²) in [6.45, 7) is 1.42. The fraction of sp³-hybridized carbons (Fsp3) is 0.100. The van der Waals surface area contributed by atoms with Gasteiger partial charge in [-0.1, -0.05) is 6.07 Å². The topological polar surface area (TPSA) is 118 Å². The molecule has 150 valence electrons. The van der Waals surface area contributed by atoms with Crippen LogP contribution in [0, 0.1) is 0 Å². The molecule has 9 heteroatoms. The van der Waals surface area contributed by atoms with Gasteiger partial charge in [-0.25, -0.2) is 13.1 Å². The Morgan fingerprint density at radius 2 is 1.69 bits per heavy atom. The van der Waals surface area contributed by atoms with Crippen LogP contribution >= 0.6 is 0 Å². The average Bonchev–Trinajstić information content (AvgIpc) is 3.20. The molecule has 0 aliphatic carbocycles. The maximum absolute atomic E-state index is 12.4. The van der Waals surface area contributed by atoms with Crippen molar-refractivity contribution in [1.29, 1.82) is 0 Å². The Hall–Kier alpha value is -3.43. The zero-order valence-electron chi connectivity index (χ0n) is 15.5. The molecular weight excluding hydrogens is 394 g/mol. The molecular formula is C20H19N3O5S. The van der Waals surface area contributed by atoms with Gasteiger partial charge in [0.05, 0.1) is 17.7 Å². The van der Waals surface area contributed by atoms with E-state index < -0.39 is 10.0 Å². The summed E-state index contributed by atoms with van der Waals surface area (Å²) in [4.78, 5) is 23.6. The van der Waals surface area contributed by atoms with Gasteiger partial charge in [0.25, 0.3) is 5.91 Å². The molecule has 2 amide bonds. The number of nitrogens with one attached hydrogen (secondary N) is 3. The Morgan fingerprint density at radius 1 is 0.931 bits per heavy atom. The minimum Gasteiger partial charge on any atom is -0.468 e. The second-order valence-corrected chi connectivity index (χ2v) is 7.91. The maximum Gasteiger partial charge on any atom is 0.255 e. The van der Waals surface area contributed by atoms with Crippen LogP contribution in [0.3, 0.4) is 0 Å². The van der Waals surface area contributed by atoms with E-state index in [1.54, 1.807) is 36.4 Å². The van der Waals surface area contributed by atoms with Gasteiger partial charge in [-0.3, -0.25) is 9.59 Å². The van der Waals surface area contributed by atoms with Crippen molar-refractivity contribution in [3.05, 3.63) is 78.3 Å². The van der Waals surface area contributed by atoms with Crippen LogP contribution in [0.15, 0.2) is 76.2 Å². The molecule has 29 heavy (non-hydrogen) atoms. The van der Waals surface area contributed by atoms with Gasteiger partial charge in [0, 0.05) is 23.9 Å². The molecule has 3 rings (SSSR count). The highest BCUT2D eigenvalue weighted by molar-refractivity contribution is 7.89. The number of amides is 2. The predicted molar refractivity (Wildman–Crippen MR) is 108 cm³/mol. The van der Waals surface area contributed by atoms with Gasteiger partial charge in [0.15, 0.2) is 0 Å². The molecule has 0 fully saturated rings. The Kier molecular flexibility index (Phi) is 6.10. The minimum absolute atomic E-state index is 0.0401. The van der Waals surface area contributed by atoms with Crippen molar-refractivity contribution in [1.82, 2.24) is 4.72 Å². The Labute approximate surface area is 168 Å². The number of sulfonamides is 1. The Bertz CT molecular complexity index is 1110. The fourth-order valence-electron chi connectivity index (χ4n) is 2.52. The van der Waals surface area contributed by atoms with Gasteiger partial charge < -0.3 is 15.1 Å². The first-order chi connectivity index (χ1) is 13.8. The van der Waals surface area contributed by atoms with Gasteiger partial charge in [0.2, 0.25) is 15.9 Å². The van der Waals surface area contributed by atoms with Crippen molar-refractivity contribution >= 4 is 33.2 Å². The summed E-state index contributed by atoms with van der Waals surface area (Å²) in [5.74, 6) is -0.122. The Morgan fingerprint density at radius 3 is 2.34 bits per heavy atom. The van der Waals surface area contributed by atoms with Gasteiger partial charge in [-0.15, -0.1) is 0 Å². The molecule has 2 aromatic carbocycles. The molecule has 1 aromatic heterocycles. The second-order valence-electron chi connectivity index (χ2n) is 6.14. The summed E-state index contributed by atoms with van der Waals surface area (Å²) in [7, 11) is -3.71. The summed E-state index contributed by atoms with van der Waals surface area (Å²) in [6, 6.07) is 15.6. The van der Waals surface area contributed by atoms with Crippen LogP contribution in [0.4, 0.5) is 11.4 Å². The summed E-state index contributed by atoms with van der Waals surface area (Å²) in [5.41, 5.74) is 1.30.